The number of halogens is 1. The van der Waals surface area contributed by atoms with Crippen LogP contribution in [0.1, 0.15) is 0 Å². The van der Waals surface area contributed by atoms with Gasteiger partial charge >= 0.3 is 11.1 Å². The second-order valence-corrected chi connectivity index (χ2v) is 4.45. The number of carbonyl (C=O) groups excluding carboxylic acids is 1. The maximum absolute atomic E-state index is 11.1. The summed E-state index contributed by atoms with van der Waals surface area (Å²) in [7, 11) is -3.67. The van der Waals surface area contributed by atoms with E-state index >= 15 is 0 Å². The quantitative estimate of drug-likeness (QED) is 0.612. The normalized spacial score (nSPS) is 11.5. The zero-order chi connectivity index (χ0) is 10.2. The van der Waals surface area contributed by atoms with E-state index in [-0.39, 0.29) is 0 Å². The van der Waals surface area contributed by atoms with Crippen LogP contribution in [-0.2, 0) is 10.0 Å². The molecule has 1 aromatic rings. The van der Waals surface area contributed by atoms with Crippen molar-refractivity contribution >= 4 is 27.0 Å². The van der Waals surface area contributed by atoms with Crippen molar-refractivity contribution in [3.8, 4) is 0 Å². The molecule has 0 spiro atoms. The minimum absolute atomic E-state index is 0.424. The fourth-order valence-electron chi connectivity index (χ4n) is 0.747. The van der Waals surface area contributed by atoms with E-state index < -0.39 is 21.1 Å². The van der Waals surface area contributed by atoms with Gasteiger partial charge in [0.25, 0.3) is 0 Å². The number of carbonyl (C=O) groups is 1. The Morgan fingerprint density at radius 2 is 2.00 bits per heavy atom. The summed E-state index contributed by atoms with van der Waals surface area (Å²) in [4.78, 5) is 21.6. The van der Waals surface area contributed by atoms with Gasteiger partial charge in [-0.15, -0.1) is 0 Å². The first kappa shape index (κ1) is 10.0. The molecule has 6 nitrogen and oxygen atoms in total. The highest BCUT2D eigenvalue weighted by Crippen LogP contribution is 1.92. The van der Waals surface area contributed by atoms with Crippen LogP contribution >= 0.6 is 11.6 Å². The molecule has 0 unspecified atom stereocenters. The molecule has 13 heavy (non-hydrogen) atoms. The molecule has 1 heterocycles. The van der Waals surface area contributed by atoms with Crippen molar-refractivity contribution in [2.45, 2.75) is 0 Å². The molecular weight excluding hydrogens is 220 g/mol. The Balaban J connectivity index is 3.49. The molecule has 0 aliphatic heterocycles. The summed E-state index contributed by atoms with van der Waals surface area (Å²) in [6.07, 6.45) is 2.79. The largest absolute Gasteiger partial charge is 0.349 e. The van der Waals surface area contributed by atoms with Gasteiger partial charge in [0.05, 0.1) is 6.26 Å². The summed E-state index contributed by atoms with van der Waals surface area (Å²) in [6, 6.07) is 0. The van der Waals surface area contributed by atoms with Crippen LogP contribution < -0.4 is 5.69 Å². The minimum atomic E-state index is -3.67. The molecule has 72 valence electrons. The van der Waals surface area contributed by atoms with Crippen molar-refractivity contribution in [2.75, 3.05) is 6.26 Å². The van der Waals surface area contributed by atoms with E-state index in [1.807, 2.05) is 0 Å². The first-order valence-electron chi connectivity index (χ1n) is 3.04. The van der Waals surface area contributed by atoms with Crippen LogP contribution in [-0.4, -0.2) is 28.6 Å². The molecule has 0 aromatic carbocycles. The van der Waals surface area contributed by atoms with Crippen molar-refractivity contribution in [1.82, 2.24) is 8.54 Å². The lowest BCUT2D eigenvalue weighted by molar-refractivity contribution is 0.260. The van der Waals surface area contributed by atoms with Gasteiger partial charge < -0.3 is 0 Å². The smallest absolute Gasteiger partial charge is 0.254 e. The molecule has 0 atom stereocenters. The molecule has 1 rings (SSSR count). The maximum Gasteiger partial charge on any atom is 0.349 e. The molecule has 0 N–H and O–H groups in total. The van der Waals surface area contributed by atoms with Gasteiger partial charge in [-0.2, -0.15) is 3.97 Å². The number of nitrogens with zero attached hydrogens (tertiary/aromatic N) is 2. The Hall–Kier alpha value is -1.08. The maximum atomic E-state index is 11.1. The highest BCUT2D eigenvalue weighted by atomic mass is 35.5. The highest BCUT2D eigenvalue weighted by molar-refractivity contribution is 7.89. The van der Waals surface area contributed by atoms with Gasteiger partial charge in [-0.25, -0.2) is 17.8 Å². The van der Waals surface area contributed by atoms with Crippen LogP contribution in [0, 0.1) is 0 Å². The van der Waals surface area contributed by atoms with Gasteiger partial charge in [0.15, 0.2) is 0 Å². The van der Waals surface area contributed by atoms with E-state index in [1.54, 1.807) is 0 Å². The Bertz CT molecular complexity index is 497. The van der Waals surface area contributed by atoms with Crippen molar-refractivity contribution in [2.24, 2.45) is 0 Å². The SMILES string of the molecule is CS(=O)(=O)n1ccn(C(=O)Cl)c1=O. The lowest BCUT2D eigenvalue weighted by atomic mass is 10.9. The van der Waals surface area contributed by atoms with E-state index in [2.05, 4.69) is 0 Å². The molecule has 0 saturated heterocycles. The van der Waals surface area contributed by atoms with Crippen LogP contribution in [0.2, 0.25) is 0 Å². The third-order valence-electron chi connectivity index (χ3n) is 1.29. The fourth-order valence-corrected chi connectivity index (χ4v) is 1.52. The van der Waals surface area contributed by atoms with Crippen LogP contribution in [0.25, 0.3) is 0 Å². The molecule has 0 fully saturated rings. The predicted molar refractivity (Wildman–Crippen MR) is 45.6 cm³/mol. The summed E-state index contributed by atoms with van der Waals surface area (Å²) in [5.74, 6) is 0. The molecule has 0 radical (unpaired) electrons. The Morgan fingerprint density at radius 1 is 1.46 bits per heavy atom. The van der Waals surface area contributed by atoms with Crippen molar-refractivity contribution in [1.29, 1.82) is 0 Å². The van der Waals surface area contributed by atoms with Crippen LogP contribution in [0.5, 0.6) is 0 Å². The number of imidazole rings is 1. The lowest BCUT2D eigenvalue weighted by Crippen LogP contribution is -2.29. The average Bonchev–Trinajstić information content (AvgIpc) is 2.28. The molecule has 0 aliphatic carbocycles. The Morgan fingerprint density at radius 3 is 2.23 bits per heavy atom. The zero-order valence-corrected chi connectivity index (χ0v) is 8.04. The van der Waals surface area contributed by atoms with E-state index in [0.717, 1.165) is 18.6 Å². The van der Waals surface area contributed by atoms with Gasteiger partial charge in [-0.3, -0.25) is 4.79 Å². The molecule has 8 heteroatoms. The Labute approximate surface area is 78.4 Å². The molecule has 0 saturated carbocycles. The van der Waals surface area contributed by atoms with Crippen LogP contribution in [0.4, 0.5) is 4.79 Å². The third-order valence-corrected chi connectivity index (χ3v) is 2.47. The van der Waals surface area contributed by atoms with Gasteiger partial charge in [0.2, 0.25) is 10.0 Å². The lowest BCUT2D eigenvalue weighted by Gasteiger charge is -1.94. The van der Waals surface area contributed by atoms with Gasteiger partial charge in [-0.05, 0) is 11.6 Å². The molecule has 0 amide bonds. The third kappa shape index (κ3) is 1.81. The molecular formula is C5H5ClN2O4S. The van der Waals surface area contributed by atoms with Crippen molar-refractivity contribution in [3.05, 3.63) is 22.9 Å². The standard InChI is InChI=1S/C5H5ClN2O4S/c1-13(11,12)8-3-2-7(4(6)9)5(8)10/h2-3H,1H3. The summed E-state index contributed by atoms with van der Waals surface area (Å²) >= 11 is 4.99. The second kappa shape index (κ2) is 3.00. The molecule has 0 aliphatic rings. The minimum Gasteiger partial charge on any atom is -0.254 e. The average molecular weight is 225 g/mol. The van der Waals surface area contributed by atoms with E-state index in [4.69, 9.17) is 11.6 Å². The van der Waals surface area contributed by atoms with E-state index in [1.165, 1.54) is 0 Å². The van der Waals surface area contributed by atoms with Gasteiger partial charge in [0, 0.05) is 12.4 Å². The second-order valence-electron chi connectivity index (χ2n) is 2.26. The van der Waals surface area contributed by atoms with Crippen LogP contribution in [0.3, 0.4) is 0 Å². The number of aromatic nitrogens is 2. The van der Waals surface area contributed by atoms with Gasteiger partial charge in [-0.1, -0.05) is 0 Å². The predicted octanol–water partition coefficient (Wildman–Crippen LogP) is -0.336. The highest BCUT2D eigenvalue weighted by Gasteiger charge is 2.14. The summed E-state index contributed by atoms with van der Waals surface area (Å²) < 4.78 is 22.7. The summed E-state index contributed by atoms with van der Waals surface area (Å²) in [5.41, 5.74) is -0.998. The topological polar surface area (TPSA) is 78.1 Å². The molecule has 0 bridgehead atoms. The Kier molecular flexibility index (Phi) is 2.31. The van der Waals surface area contributed by atoms with Crippen molar-refractivity contribution in [3.63, 3.8) is 0 Å². The number of hydrogen-bond donors (Lipinski definition) is 0. The first-order valence-corrected chi connectivity index (χ1v) is 5.27. The van der Waals surface area contributed by atoms with Crippen molar-refractivity contribution < 1.29 is 13.2 Å². The fraction of sp³-hybridized carbons (Fsp3) is 0.200. The van der Waals surface area contributed by atoms with Crippen LogP contribution in [0.15, 0.2) is 17.2 Å². The number of rotatable bonds is 1. The zero-order valence-electron chi connectivity index (χ0n) is 6.47. The monoisotopic (exact) mass is 224 g/mol. The first-order chi connectivity index (χ1) is 5.84. The molecule has 1 aromatic heterocycles. The van der Waals surface area contributed by atoms with Gasteiger partial charge in [0.1, 0.15) is 0 Å². The summed E-state index contributed by atoms with van der Waals surface area (Å²) in [5, 5.41) is -1.05. The summed E-state index contributed by atoms with van der Waals surface area (Å²) in [6.45, 7) is 0. The number of hydrogen-bond acceptors (Lipinski definition) is 4. The van der Waals surface area contributed by atoms with E-state index in [0.29, 0.717) is 8.54 Å². The van der Waals surface area contributed by atoms with E-state index in [9.17, 15) is 18.0 Å².